The lowest BCUT2D eigenvalue weighted by molar-refractivity contribution is 0.0515. The van der Waals surface area contributed by atoms with Crippen molar-refractivity contribution in [1.82, 2.24) is 4.90 Å². The van der Waals surface area contributed by atoms with Gasteiger partial charge < -0.3 is 14.5 Å². The van der Waals surface area contributed by atoms with Gasteiger partial charge in [-0.15, -0.1) is 0 Å². The van der Waals surface area contributed by atoms with Crippen LogP contribution in [0.4, 0.5) is 14.9 Å². The number of aryl methyl sites for hydroxylation is 1. The summed E-state index contributed by atoms with van der Waals surface area (Å²) in [6.45, 7) is 4.84. The zero-order chi connectivity index (χ0) is 16.2. The summed E-state index contributed by atoms with van der Waals surface area (Å²) < 4.78 is 19.8. The number of likely N-dealkylation sites (tertiary alicyclic amines) is 1. The third-order valence-corrected chi connectivity index (χ3v) is 4.70. The lowest BCUT2D eigenvalue weighted by Crippen LogP contribution is -2.44. The molecule has 2 heterocycles. The maximum absolute atomic E-state index is 14.2. The van der Waals surface area contributed by atoms with Crippen LogP contribution in [0.25, 0.3) is 0 Å². The summed E-state index contributed by atoms with van der Waals surface area (Å²) in [6, 6.07) is 5.29. The van der Waals surface area contributed by atoms with Gasteiger partial charge in [-0.2, -0.15) is 0 Å². The van der Waals surface area contributed by atoms with E-state index >= 15 is 0 Å². The van der Waals surface area contributed by atoms with E-state index < -0.39 is 0 Å². The quantitative estimate of drug-likeness (QED) is 0.832. The highest BCUT2D eigenvalue weighted by Gasteiger charge is 2.27. The zero-order valence-electron chi connectivity index (χ0n) is 13.8. The molecule has 4 nitrogen and oxygen atoms in total. The van der Waals surface area contributed by atoms with Gasteiger partial charge in [0.25, 0.3) is 0 Å². The van der Waals surface area contributed by atoms with Crippen molar-refractivity contribution < 1.29 is 13.9 Å². The second-order valence-electron chi connectivity index (χ2n) is 6.60. The number of rotatable bonds is 2. The fraction of sp³-hybridized carbons (Fsp3) is 0.611. The Kier molecular flexibility index (Phi) is 5.03. The lowest BCUT2D eigenvalue weighted by Gasteiger charge is -2.35. The van der Waals surface area contributed by atoms with Crippen LogP contribution in [0.5, 0.6) is 0 Å². The van der Waals surface area contributed by atoms with Crippen LogP contribution in [0.2, 0.25) is 0 Å². The largest absolute Gasteiger partial charge is 0.444 e. The number of carbonyl (C=O) groups is 1. The second-order valence-corrected chi connectivity index (χ2v) is 6.60. The maximum Gasteiger partial charge on any atom is 0.410 e. The molecule has 3 rings (SSSR count). The number of hydrogen-bond donors (Lipinski definition) is 0. The Labute approximate surface area is 137 Å². The number of benzene rings is 1. The molecule has 0 spiro atoms. The van der Waals surface area contributed by atoms with Crippen molar-refractivity contribution in [3.8, 4) is 0 Å². The molecule has 1 amide bonds. The molecule has 126 valence electrons. The minimum absolute atomic E-state index is 0.154. The molecule has 1 atom stereocenters. The van der Waals surface area contributed by atoms with Crippen molar-refractivity contribution in [3.05, 3.63) is 29.6 Å². The van der Waals surface area contributed by atoms with Gasteiger partial charge in [-0.3, -0.25) is 0 Å². The molecule has 0 aliphatic carbocycles. The molecule has 1 unspecified atom stereocenters. The van der Waals surface area contributed by atoms with E-state index in [-0.39, 0.29) is 18.0 Å². The number of piperidine rings is 2. The van der Waals surface area contributed by atoms with Crippen molar-refractivity contribution in [1.29, 1.82) is 0 Å². The summed E-state index contributed by atoms with van der Waals surface area (Å²) >= 11 is 0. The van der Waals surface area contributed by atoms with E-state index in [2.05, 4.69) is 0 Å². The van der Waals surface area contributed by atoms with E-state index in [1.54, 1.807) is 11.0 Å². The van der Waals surface area contributed by atoms with E-state index in [1.165, 1.54) is 6.42 Å². The number of amides is 1. The van der Waals surface area contributed by atoms with Gasteiger partial charge in [-0.25, -0.2) is 9.18 Å². The molecule has 23 heavy (non-hydrogen) atoms. The van der Waals surface area contributed by atoms with Gasteiger partial charge in [0.05, 0.1) is 12.2 Å². The van der Waals surface area contributed by atoms with Crippen LogP contribution in [0, 0.1) is 12.7 Å². The van der Waals surface area contributed by atoms with Crippen LogP contribution >= 0.6 is 0 Å². The third-order valence-electron chi connectivity index (χ3n) is 4.70. The SMILES string of the molecule is Cc1ccc(N2CCCC(OC(=O)N3CCCCC3)C2)c(F)c1. The van der Waals surface area contributed by atoms with Gasteiger partial charge in [-0.1, -0.05) is 6.07 Å². The van der Waals surface area contributed by atoms with Gasteiger partial charge in [-0.05, 0) is 56.7 Å². The molecule has 2 aliphatic heterocycles. The Hall–Kier alpha value is -1.78. The van der Waals surface area contributed by atoms with Crippen molar-refractivity contribution in [2.75, 3.05) is 31.1 Å². The topological polar surface area (TPSA) is 32.8 Å². The Morgan fingerprint density at radius 3 is 2.70 bits per heavy atom. The average Bonchev–Trinajstić information content (AvgIpc) is 2.56. The molecule has 2 fully saturated rings. The van der Waals surface area contributed by atoms with Crippen molar-refractivity contribution in [2.45, 2.75) is 45.1 Å². The molecular formula is C18H25FN2O2. The van der Waals surface area contributed by atoms with Gasteiger partial charge in [0, 0.05) is 19.6 Å². The van der Waals surface area contributed by atoms with Crippen LogP contribution in [-0.2, 0) is 4.74 Å². The number of ether oxygens (including phenoxy) is 1. The van der Waals surface area contributed by atoms with Crippen LogP contribution in [-0.4, -0.2) is 43.3 Å². The van der Waals surface area contributed by atoms with E-state index in [9.17, 15) is 9.18 Å². The minimum atomic E-state index is -0.207. The highest BCUT2D eigenvalue weighted by Crippen LogP contribution is 2.25. The van der Waals surface area contributed by atoms with Gasteiger partial charge >= 0.3 is 6.09 Å². The Bertz CT molecular complexity index is 558. The Balaban J connectivity index is 1.60. The second kappa shape index (κ2) is 7.20. The molecule has 0 aromatic heterocycles. The number of nitrogens with zero attached hydrogens (tertiary/aromatic N) is 2. The summed E-state index contributed by atoms with van der Waals surface area (Å²) in [5, 5.41) is 0. The minimum Gasteiger partial charge on any atom is -0.444 e. The van der Waals surface area contributed by atoms with Crippen molar-refractivity contribution in [2.24, 2.45) is 0 Å². The highest BCUT2D eigenvalue weighted by atomic mass is 19.1. The summed E-state index contributed by atoms with van der Waals surface area (Å²) in [7, 11) is 0. The normalized spacial score (nSPS) is 22.1. The molecule has 1 aromatic rings. The monoisotopic (exact) mass is 320 g/mol. The number of halogens is 1. The van der Waals surface area contributed by atoms with Crippen molar-refractivity contribution >= 4 is 11.8 Å². The molecule has 0 N–H and O–H groups in total. The van der Waals surface area contributed by atoms with Crippen LogP contribution in [0.1, 0.15) is 37.7 Å². The van der Waals surface area contributed by atoms with Gasteiger partial charge in [0.2, 0.25) is 0 Å². The Morgan fingerprint density at radius 1 is 1.17 bits per heavy atom. The number of hydrogen-bond acceptors (Lipinski definition) is 3. The fourth-order valence-electron chi connectivity index (χ4n) is 3.42. The smallest absolute Gasteiger partial charge is 0.410 e. The summed E-state index contributed by atoms with van der Waals surface area (Å²) in [5.74, 6) is -0.201. The van der Waals surface area contributed by atoms with E-state index in [4.69, 9.17) is 4.74 Å². The predicted octanol–water partition coefficient (Wildman–Crippen LogP) is 3.73. The molecule has 0 radical (unpaired) electrons. The van der Waals surface area contributed by atoms with Crippen LogP contribution < -0.4 is 4.90 Å². The van der Waals surface area contributed by atoms with Crippen molar-refractivity contribution in [3.63, 3.8) is 0 Å². The van der Waals surface area contributed by atoms with Crippen LogP contribution in [0.3, 0.4) is 0 Å². The summed E-state index contributed by atoms with van der Waals surface area (Å²) in [6.07, 6.45) is 4.70. The molecule has 2 aliphatic rings. The molecule has 2 saturated heterocycles. The van der Waals surface area contributed by atoms with Crippen LogP contribution in [0.15, 0.2) is 18.2 Å². The maximum atomic E-state index is 14.2. The first-order valence-corrected chi connectivity index (χ1v) is 8.60. The predicted molar refractivity (Wildman–Crippen MR) is 88.3 cm³/mol. The summed E-state index contributed by atoms with van der Waals surface area (Å²) in [4.78, 5) is 16.0. The number of carbonyl (C=O) groups excluding carboxylic acids is 1. The van der Waals surface area contributed by atoms with Gasteiger partial charge in [0.1, 0.15) is 11.9 Å². The van der Waals surface area contributed by atoms with E-state index in [1.807, 2.05) is 24.0 Å². The first kappa shape index (κ1) is 16.1. The molecule has 0 bridgehead atoms. The fourth-order valence-corrected chi connectivity index (χ4v) is 3.42. The molecule has 5 heteroatoms. The first-order chi connectivity index (χ1) is 11.1. The summed E-state index contributed by atoms with van der Waals surface area (Å²) in [5.41, 5.74) is 1.52. The molecule has 1 aromatic carbocycles. The van der Waals surface area contributed by atoms with E-state index in [0.717, 1.165) is 50.9 Å². The Morgan fingerprint density at radius 2 is 1.96 bits per heavy atom. The highest BCUT2D eigenvalue weighted by molar-refractivity contribution is 5.68. The zero-order valence-corrected chi connectivity index (χ0v) is 13.8. The average molecular weight is 320 g/mol. The first-order valence-electron chi connectivity index (χ1n) is 8.60. The standard InChI is InChI=1S/C18H25FN2O2/c1-14-7-8-17(16(19)12-14)21-11-5-6-15(13-21)23-18(22)20-9-3-2-4-10-20/h7-8,12,15H,2-6,9-11,13H2,1H3. The molecule has 0 saturated carbocycles. The van der Waals surface area contributed by atoms with Gasteiger partial charge in [0.15, 0.2) is 0 Å². The molecular weight excluding hydrogens is 295 g/mol. The lowest BCUT2D eigenvalue weighted by atomic mass is 10.1. The third kappa shape index (κ3) is 3.95. The number of anilines is 1. The van der Waals surface area contributed by atoms with E-state index in [0.29, 0.717) is 12.2 Å².